The molecule has 0 unspecified atom stereocenters. The van der Waals surface area contributed by atoms with E-state index in [1.165, 1.54) is 18.4 Å². The lowest BCUT2D eigenvalue weighted by atomic mass is 10.2. The first-order chi connectivity index (χ1) is 12.3. The van der Waals surface area contributed by atoms with Crippen LogP contribution < -0.4 is 14.8 Å². The number of nitrogens with one attached hydrogen (secondary N) is 1. The fraction of sp³-hybridized carbons (Fsp3) is 0.429. The molecule has 25 heavy (non-hydrogen) atoms. The van der Waals surface area contributed by atoms with Crippen LogP contribution in [0.2, 0.25) is 0 Å². The predicted octanol–water partition coefficient (Wildman–Crippen LogP) is 3.93. The molecule has 2 aromatic carbocycles. The van der Waals surface area contributed by atoms with Crippen molar-refractivity contribution in [3.63, 3.8) is 0 Å². The van der Waals surface area contributed by atoms with Gasteiger partial charge in [-0.2, -0.15) is 0 Å². The van der Waals surface area contributed by atoms with Gasteiger partial charge in [-0.3, -0.25) is 0 Å². The number of methoxy groups -OCH3 is 1. The molecule has 1 fully saturated rings. The zero-order chi connectivity index (χ0) is 17.3. The van der Waals surface area contributed by atoms with Crippen LogP contribution in [0.1, 0.15) is 30.4 Å². The zero-order valence-electron chi connectivity index (χ0n) is 14.9. The second-order valence-corrected chi connectivity index (χ2v) is 6.44. The van der Waals surface area contributed by atoms with Crippen molar-refractivity contribution in [3.8, 4) is 11.5 Å². The zero-order valence-corrected chi connectivity index (χ0v) is 14.9. The third kappa shape index (κ3) is 6.40. The second-order valence-electron chi connectivity index (χ2n) is 6.44. The van der Waals surface area contributed by atoms with Crippen molar-refractivity contribution in [2.45, 2.75) is 38.5 Å². The minimum Gasteiger partial charge on any atom is -0.493 e. The Kier molecular flexibility index (Phi) is 6.71. The Morgan fingerprint density at radius 1 is 0.920 bits per heavy atom. The van der Waals surface area contributed by atoms with E-state index in [2.05, 4.69) is 29.6 Å². The molecule has 1 saturated carbocycles. The van der Waals surface area contributed by atoms with Gasteiger partial charge in [-0.05, 0) is 36.1 Å². The van der Waals surface area contributed by atoms with Crippen molar-refractivity contribution < 1.29 is 14.2 Å². The maximum Gasteiger partial charge on any atom is 0.123 e. The van der Waals surface area contributed by atoms with Gasteiger partial charge in [-0.25, -0.2) is 0 Å². The van der Waals surface area contributed by atoms with Crippen LogP contribution in [0, 0.1) is 0 Å². The highest BCUT2D eigenvalue weighted by atomic mass is 16.5. The van der Waals surface area contributed by atoms with Gasteiger partial charge in [-0.1, -0.05) is 30.3 Å². The van der Waals surface area contributed by atoms with Crippen molar-refractivity contribution in [3.05, 3.63) is 59.7 Å². The number of benzene rings is 2. The predicted molar refractivity (Wildman–Crippen MR) is 99.1 cm³/mol. The standard InChI is InChI=1S/C21H27NO3/c1-23-10-5-11-24-20-12-18(15-22-19-8-9-19)13-21(14-20)25-16-17-6-3-2-4-7-17/h2-4,6-7,12-14,19,22H,5,8-11,15-16H2,1H3. The Morgan fingerprint density at radius 2 is 1.68 bits per heavy atom. The summed E-state index contributed by atoms with van der Waals surface area (Å²) in [5, 5.41) is 3.55. The van der Waals surface area contributed by atoms with E-state index in [-0.39, 0.29) is 0 Å². The maximum atomic E-state index is 5.99. The van der Waals surface area contributed by atoms with Gasteiger partial charge in [0.05, 0.1) is 6.61 Å². The molecule has 0 radical (unpaired) electrons. The first-order valence-corrected chi connectivity index (χ1v) is 8.99. The lowest BCUT2D eigenvalue weighted by Crippen LogP contribution is -2.15. The molecule has 0 saturated heterocycles. The van der Waals surface area contributed by atoms with Gasteiger partial charge in [0, 0.05) is 38.8 Å². The van der Waals surface area contributed by atoms with Gasteiger partial charge in [0.15, 0.2) is 0 Å². The van der Waals surface area contributed by atoms with E-state index in [0.29, 0.717) is 25.9 Å². The highest BCUT2D eigenvalue weighted by molar-refractivity contribution is 5.38. The van der Waals surface area contributed by atoms with Crippen LogP contribution >= 0.6 is 0 Å². The molecule has 1 N–H and O–H groups in total. The average molecular weight is 341 g/mol. The summed E-state index contributed by atoms with van der Waals surface area (Å²) in [5.41, 5.74) is 2.35. The van der Waals surface area contributed by atoms with Crippen LogP contribution in [0.5, 0.6) is 11.5 Å². The van der Waals surface area contributed by atoms with Gasteiger partial charge >= 0.3 is 0 Å². The molecule has 1 aliphatic carbocycles. The number of hydrogen-bond acceptors (Lipinski definition) is 4. The second kappa shape index (κ2) is 9.44. The minimum absolute atomic E-state index is 0.559. The van der Waals surface area contributed by atoms with Gasteiger partial charge in [0.2, 0.25) is 0 Å². The summed E-state index contributed by atoms with van der Waals surface area (Å²) >= 11 is 0. The van der Waals surface area contributed by atoms with Gasteiger partial charge in [0.25, 0.3) is 0 Å². The number of hydrogen-bond donors (Lipinski definition) is 1. The first kappa shape index (κ1) is 17.8. The van der Waals surface area contributed by atoms with Crippen LogP contribution in [0.3, 0.4) is 0 Å². The van der Waals surface area contributed by atoms with E-state index in [1.54, 1.807) is 7.11 Å². The quantitative estimate of drug-likeness (QED) is 0.629. The van der Waals surface area contributed by atoms with Crippen LogP contribution in [-0.4, -0.2) is 26.4 Å². The molecule has 0 amide bonds. The van der Waals surface area contributed by atoms with E-state index < -0.39 is 0 Å². The molecule has 4 nitrogen and oxygen atoms in total. The molecule has 3 rings (SSSR count). The maximum absolute atomic E-state index is 5.99. The number of rotatable bonds is 11. The summed E-state index contributed by atoms with van der Waals surface area (Å²) in [4.78, 5) is 0. The Bertz CT molecular complexity index is 641. The molecular formula is C21H27NO3. The third-order valence-corrected chi connectivity index (χ3v) is 4.12. The van der Waals surface area contributed by atoms with E-state index in [9.17, 15) is 0 Å². The van der Waals surface area contributed by atoms with Crippen molar-refractivity contribution in [1.82, 2.24) is 5.32 Å². The Labute approximate surface area is 150 Å². The van der Waals surface area contributed by atoms with E-state index >= 15 is 0 Å². The smallest absolute Gasteiger partial charge is 0.123 e. The third-order valence-electron chi connectivity index (χ3n) is 4.12. The molecule has 2 aromatic rings. The summed E-state index contributed by atoms with van der Waals surface area (Å²) in [6.07, 6.45) is 3.44. The van der Waals surface area contributed by atoms with Crippen LogP contribution in [-0.2, 0) is 17.9 Å². The molecule has 0 aromatic heterocycles. The summed E-state index contributed by atoms with van der Waals surface area (Å²) in [5.74, 6) is 1.70. The minimum atomic E-state index is 0.559. The summed E-state index contributed by atoms with van der Waals surface area (Å²) in [6.45, 7) is 2.76. The fourth-order valence-electron chi connectivity index (χ4n) is 2.58. The van der Waals surface area contributed by atoms with E-state index in [0.717, 1.165) is 30.0 Å². The molecule has 4 heteroatoms. The van der Waals surface area contributed by atoms with Crippen molar-refractivity contribution in [2.75, 3.05) is 20.3 Å². The molecule has 0 aliphatic heterocycles. The molecule has 0 atom stereocenters. The average Bonchev–Trinajstić information content (AvgIpc) is 3.47. The van der Waals surface area contributed by atoms with Crippen molar-refractivity contribution >= 4 is 0 Å². The van der Waals surface area contributed by atoms with Crippen LogP contribution in [0.4, 0.5) is 0 Å². The molecular weight excluding hydrogens is 314 g/mol. The van der Waals surface area contributed by atoms with Crippen molar-refractivity contribution in [1.29, 1.82) is 0 Å². The Morgan fingerprint density at radius 3 is 2.40 bits per heavy atom. The van der Waals surface area contributed by atoms with Crippen LogP contribution in [0.25, 0.3) is 0 Å². The monoisotopic (exact) mass is 341 g/mol. The normalized spacial score (nSPS) is 13.6. The van der Waals surface area contributed by atoms with Gasteiger partial charge in [0.1, 0.15) is 18.1 Å². The topological polar surface area (TPSA) is 39.7 Å². The van der Waals surface area contributed by atoms with E-state index in [1.807, 2.05) is 24.3 Å². The SMILES string of the molecule is COCCCOc1cc(CNC2CC2)cc(OCc2ccccc2)c1. The van der Waals surface area contributed by atoms with E-state index in [4.69, 9.17) is 14.2 Å². The molecule has 134 valence electrons. The molecule has 0 bridgehead atoms. The molecule has 1 aliphatic rings. The van der Waals surface area contributed by atoms with Gasteiger partial charge in [-0.15, -0.1) is 0 Å². The fourth-order valence-corrected chi connectivity index (χ4v) is 2.58. The molecule has 0 heterocycles. The Hall–Kier alpha value is -2.04. The highest BCUT2D eigenvalue weighted by Gasteiger charge is 2.20. The van der Waals surface area contributed by atoms with Crippen LogP contribution in [0.15, 0.2) is 48.5 Å². The lowest BCUT2D eigenvalue weighted by Gasteiger charge is -2.13. The van der Waals surface area contributed by atoms with Crippen molar-refractivity contribution in [2.24, 2.45) is 0 Å². The highest BCUT2D eigenvalue weighted by Crippen LogP contribution is 2.25. The Balaban J connectivity index is 1.62. The lowest BCUT2D eigenvalue weighted by molar-refractivity contribution is 0.172. The molecule has 0 spiro atoms. The summed E-state index contributed by atoms with van der Waals surface area (Å²) < 4.78 is 16.9. The first-order valence-electron chi connectivity index (χ1n) is 8.99. The largest absolute Gasteiger partial charge is 0.493 e. The van der Waals surface area contributed by atoms with Gasteiger partial charge < -0.3 is 19.5 Å². The summed E-state index contributed by atoms with van der Waals surface area (Å²) in [7, 11) is 1.71. The number of ether oxygens (including phenoxy) is 3. The summed E-state index contributed by atoms with van der Waals surface area (Å²) in [6, 6.07) is 17.0.